The number of aliphatic imine (C=N–C) groups is 1. The minimum Gasteiger partial charge on any atom is -0.508 e. The molecular weight excluding hydrogens is 592 g/mol. The molecule has 46 heavy (non-hydrogen) atoms. The molecule has 0 fully saturated rings. The number of nitrogens with one attached hydrogen (secondary N) is 4. The van der Waals surface area contributed by atoms with Gasteiger partial charge < -0.3 is 48.3 Å². The number of amides is 3. The van der Waals surface area contributed by atoms with E-state index in [0.717, 1.165) is 16.5 Å². The van der Waals surface area contributed by atoms with Crippen LogP contribution < -0.4 is 33.2 Å². The van der Waals surface area contributed by atoms with Crippen LogP contribution in [0.25, 0.3) is 10.9 Å². The maximum absolute atomic E-state index is 13.7. The average Bonchev–Trinajstić information content (AvgIpc) is 3.41. The summed E-state index contributed by atoms with van der Waals surface area (Å²) < 4.78 is 0. The first-order valence-corrected chi connectivity index (χ1v) is 15.1. The molecule has 4 unspecified atom stereocenters. The molecule has 12 N–H and O–H groups in total. The second-order valence-electron chi connectivity index (χ2n) is 11.6. The van der Waals surface area contributed by atoms with Gasteiger partial charge in [-0.25, -0.2) is 4.79 Å². The number of para-hydroxylation sites is 1. The number of phenolic OH excluding ortho intramolecular Hbond substituents is 1. The maximum Gasteiger partial charge on any atom is 0.326 e. The van der Waals surface area contributed by atoms with Crippen LogP contribution >= 0.6 is 0 Å². The number of fused-ring (bicyclic) bond motifs is 1. The summed E-state index contributed by atoms with van der Waals surface area (Å²) >= 11 is 0. The van der Waals surface area contributed by atoms with Gasteiger partial charge in [0.15, 0.2) is 5.96 Å². The summed E-state index contributed by atoms with van der Waals surface area (Å²) in [6.07, 6.45) is 2.72. The Morgan fingerprint density at radius 2 is 1.50 bits per heavy atom. The smallest absolute Gasteiger partial charge is 0.326 e. The van der Waals surface area contributed by atoms with Crippen LogP contribution in [0, 0.1) is 5.92 Å². The van der Waals surface area contributed by atoms with E-state index >= 15 is 0 Å². The average molecular weight is 637 g/mol. The molecule has 0 bridgehead atoms. The number of carboxylic acids is 1. The number of benzene rings is 2. The first kappa shape index (κ1) is 35.4. The van der Waals surface area contributed by atoms with Crippen LogP contribution in [0.5, 0.6) is 5.75 Å². The molecule has 3 aromatic rings. The molecule has 3 rings (SSSR count). The van der Waals surface area contributed by atoms with Crippen LogP contribution in [0.3, 0.4) is 0 Å². The first-order chi connectivity index (χ1) is 21.8. The van der Waals surface area contributed by atoms with E-state index in [0.29, 0.717) is 18.5 Å². The Morgan fingerprint density at radius 3 is 2.15 bits per heavy atom. The molecule has 4 atom stereocenters. The number of rotatable bonds is 17. The van der Waals surface area contributed by atoms with Crippen molar-refractivity contribution in [3.8, 4) is 5.75 Å². The number of carbonyl (C=O) groups is 4. The van der Waals surface area contributed by atoms with Crippen molar-refractivity contribution in [2.75, 3.05) is 6.54 Å². The zero-order chi connectivity index (χ0) is 33.8. The number of phenols is 1. The zero-order valence-electron chi connectivity index (χ0n) is 26.0. The third-order valence-electron chi connectivity index (χ3n) is 7.37. The number of H-pyrrole nitrogens is 1. The van der Waals surface area contributed by atoms with Gasteiger partial charge in [0.1, 0.15) is 23.9 Å². The van der Waals surface area contributed by atoms with Gasteiger partial charge in [-0.05, 0) is 54.5 Å². The van der Waals surface area contributed by atoms with E-state index in [1.807, 2.05) is 38.1 Å². The molecule has 0 saturated heterocycles. The van der Waals surface area contributed by atoms with Crippen molar-refractivity contribution in [3.05, 3.63) is 65.9 Å². The third-order valence-corrected chi connectivity index (χ3v) is 7.37. The molecule has 0 aliphatic carbocycles. The number of hydrogen-bond donors (Lipinski definition) is 9. The Balaban J connectivity index is 1.81. The lowest BCUT2D eigenvalue weighted by Gasteiger charge is -2.26. The largest absolute Gasteiger partial charge is 0.508 e. The lowest BCUT2D eigenvalue weighted by molar-refractivity contribution is -0.142. The Morgan fingerprint density at radius 1 is 0.870 bits per heavy atom. The minimum absolute atomic E-state index is 0.00302. The fraction of sp³-hybridized carbons (Fsp3) is 0.406. The topological polar surface area (TPSA) is 251 Å². The fourth-order valence-corrected chi connectivity index (χ4v) is 4.97. The van der Waals surface area contributed by atoms with E-state index in [2.05, 4.69) is 25.9 Å². The van der Waals surface area contributed by atoms with Gasteiger partial charge in [0.05, 0.1) is 6.04 Å². The molecule has 248 valence electrons. The standard InChI is InChI=1S/C32H44N8O6/c1-18(2)14-25(38-28(42)23(33)7-5-13-36-32(34)35)29(43)39-26(16-20-17-37-24-8-4-3-6-22(20)24)30(44)40-27(31(45)46)15-19-9-11-21(41)12-10-19/h3-4,6,8-12,17-18,23,25-27,37,41H,5,7,13-16,33H2,1-2H3,(H,38,42)(H,39,43)(H,40,44)(H,45,46)(H4,34,35,36). The maximum atomic E-state index is 13.7. The lowest BCUT2D eigenvalue weighted by atomic mass is 9.99. The van der Waals surface area contributed by atoms with E-state index < -0.39 is 47.9 Å². The van der Waals surface area contributed by atoms with Crippen molar-refractivity contribution in [1.29, 1.82) is 0 Å². The third kappa shape index (κ3) is 10.8. The highest BCUT2D eigenvalue weighted by molar-refractivity contribution is 5.95. The van der Waals surface area contributed by atoms with Gasteiger partial charge in [-0.1, -0.05) is 44.2 Å². The SMILES string of the molecule is CC(C)CC(NC(=O)C(N)CCCN=C(N)N)C(=O)NC(Cc1c[nH]c2ccccc12)C(=O)NC(Cc1ccc(O)cc1)C(=O)O. The van der Waals surface area contributed by atoms with Crippen LogP contribution in [0.1, 0.15) is 44.2 Å². The van der Waals surface area contributed by atoms with Crippen molar-refractivity contribution >= 4 is 40.6 Å². The second-order valence-corrected chi connectivity index (χ2v) is 11.6. The van der Waals surface area contributed by atoms with Crippen LogP contribution in [0.4, 0.5) is 0 Å². The van der Waals surface area contributed by atoms with Gasteiger partial charge in [-0.15, -0.1) is 0 Å². The van der Waals surface area contributed by atoms with Gasteiger partial charge in [-0.3, -0.25) is 19.4 Å². The molecular formula is C32H44N8O6. The number of aromatic hydroxyl groups is 1. The van der Waals surface area contributed by atoms with E-state index in [9.17, 15) is 29.4 Å². The monoisotopic (exact) mass is 636 g/mol. The molecule has 0 saturated carbocycles. The minimum atomic E-state index is -1.32. The summed E-state index contributed by atoms with van der Waals surface area (Å²) in [6, 6.07) is 9.00. The lowest BCUT2D eigenvalue weighted by Crippen LogP contribution is -2.58. The highest BCUT2D eigenvalue weighted by Crippen LogP contribution is 2.20. The van der Waals surface area contributed by atoms with Crippen molar-refractivity contribution in [1.82, 2.24) is 20.9 Å². The summed E-state index contributed by atoms with van der Waals surface area (Å²) in [5, 5.41) is 28.4. The Kier molecular flexibility index (Phi) is 12.9. The Hall–Kier alpha value is -5.11. The normalized spacial score (nSPS) is 13.7. The predicted molar refractivity (Wildman–Crippen MR) is 175 cm³/mol. The quantitative estimate of drug-likeness (QED) is 0.0571. The zero-order valence-corrected chi connectivity index (χ0v) is 26.0. The van der Waals surface area contributed by atoms with Gasteiger partial charge in [-0.2, -0.15) is 0 Å². The molecule has 1 aromatic heterocycles. The van der Waals surface area contributed by atoms with Gasteiger partial charge in [0, 0.05) is 36.5 Å². The molecule has 2 aromatic carbocycles. The van der Waals surface area contributed by atoms with Crippen molar-refractivity contribution < 1.29 is 29.4 Å². The predicted octanol–water partition coefficient (Wildman–Crippen LogP) is 0.625. The first-order valence-electron chi connectivity index (χ1n) is 15.1. The summed E-state index contributed by atoms with van der Waals surface area (Å²) in [4.78, 5) is 59.5. The van der Waals surface area contributed by atoms with Gasteiger partial charge >= 0.3 is 5.97 Å². The second kappa shape index (κ2) is 16.8. The van der Waals surface area contributed by atoms with Crippen LogP contribution in [-0.4, -0.2) is 75.6 Å². The van der Waals surface area contributed by atoms with Crippen LogP contribution in [0.15, 0.2) is 59.7 Å². The van der Waals surface area contributed by atoms with Crippen molar-refractivity contribution in [2.45, 2.75) is 70.1 Å². The molecule has 3 amide bonds. The summed E-state index contributed by atoms with van der Waals surface area (Å²) in [5.41, 5.74) is 18.9. The van der Waals surface area contributed by atoms with Gasteiger partial charge in [0.2, 0.25) is 17.7 Å². The number of nitrogens with two attached hydrogens (primary N) is 3. The summed E-state index contributed by atoms with van der Waals surface area (Å²) in [7, 11) is 0. The molecule has 14 nitrogen and oxygen atoms in total. The number of guanidine groups is 1. The number of aliphatic carboxylic acids is 1. The number of carboxylic acid groups (broad SMARTS) is 1. The summed E-state index contributed by atoms with van der Waals surface area (Å²) in [5.74, 6) is -3.17. The van der Waals surface area contributed by atoms with Crippen LogP contribution in [0.2, 0.25) is 0 Å². The van der Waals surface area contributed by atoms with E-state index in [1.54, 1.807) is 18.3 Å². The fourth-order valence-electron chi connectivity index (χ4n) is 4.97. The molecule has 1 heterocycles. The van der Waals surface area contributed by atoms with Crippen molar-refractivity contribution in [2.24, 2.45) is 28.1 Å². The highest BCUT2D eigenvalue weighted by atomic mass is 16.4. The number of aromatic amines is 1. The molecule has 0 aliphatic rings. The number of aromatic nitrogens is 1. The summed E-state index contributed by atoms with van der Waals surface area (Å²) in [6.45, 7) is 4.07. The number of carbonyl (C=O) groups excluding carboxylic acids is 3. The molecule has 0 radical (unpaired) electrons. The van der Waals surface area contributed by atoms with E-state index in [1.165, 1.54) is 12.1 Å². The molecule has 0 aliphatic heterocycles. The van der Waals surface area contributed by atoms with Crippen molar-refractivity contribution in [3.63, 3.8) is 0 Å². The molecule has 0 spiro atoms. The number of nitrogens with zero attached hydrogens (tertiary/aromatic N) is 1. The van der Waals surface area contributed by atoms with Crippen LogP contribution in [-0.2, 0) is 32.0 Å². The Labute approximate surface area is 267 Å². The van der Waals surface area contributed by atoms with E-state index in [-0.39, 0.29) is 43.3 Å². The number of hydrogen-bond acceptors (Lipinski definition) is 7. The van der Waals surface area contributed by atoms with Gasteiger partial charge in [0.25, 0.3) is 0 Å². The molecule has 14 heteroatoms. The van der Waals surface area contributed by atoms with E-state index in [4.69, 9.17) is 17.2 Å². The highest BCUT2D eigenvalue weighted by Gasteiger charge is 2.31. The Bertz CT molecular complexity index is 1520.